The van der Waals surface area contributed by atoms with E-state index >= 15 is 0 Å². The highest BCUT2D eigenvalue weighted by Gasteiger charge is 2.31. The van der Waals surface area contributed by atoms with Crippen molar-refractivity contribution in [2.75, 3.05) is 0 Å². The molecule has 0 heterocycles. The van der Waals surface area contributed by atoms with Gasteiger partial charge in [0.15, 0.2) is 0 Å². The highest BCUT2D eigenvalue weighted by atomic mass is 16.1. The Bertz CT molecular complexity index is 278. The van der Waals surface area contributed by atoms with Gasteiger partial charge in [-0.05, 0) is 43.4 Å². The second kappa shape index (κ2) is 4.38. The highest BCUT2D eigenvalue weighted by molar-refractivity contribution is 5.91. The first-order valence-corrected chi connectivity index (χ1v) is 5.78. The second-order valence-electron chi connectivity index (χ2n) is 5.89. The minimum absolute atomic E-state index is 0.286. The number of carbonyl (C=O) groups excluding carboxylic acids is 1. The minimum Gasteiger partial charge on any atom is -0.366 e. The van der Waals surface area contributed by atoms with Gasteiger partial charge in [-0.25, -0.2) is 0 Å². The average Bonchev–Trinajstić information content (AvgIpc) is 1.99. The van der Waals surface area contributed by atoms with Crippen molar-refractivity contribution in [3.63, 3.8) is 0 Å². The van der Waals surface area contributed by atoms with E-state index in [-0.39, 0.29) is 5.91 Å². The molecule has 0 radical (unpaired) electrons. The average molecular weight is 209 g/mol. The normalized spacial score (nSPS) is 31.3. The molecule has 86 valence electrons. The molecule has 1 rings (SSSR count). The van der Waals surface area contributed by atoms with Crippen molar-refractivity contribution in [1.82, 2.24) is 0 Å². The molecule has 0 bridgehead atoms. The quantitative estimate of drug-likeness (QED) is 0.698. The number of nitrogens with two attached hydrogens (primary N) is 1. The molecule has 2 atom stereocenters. The molecular formula is C13H23NO. The van der Waals surface area contributed by atoms with Gasteiger partial charge in [0.25, 0.3) is 0 Å². The van der Waals surface area contributed by atoms with Crippen molar-refractivity contribution in [2.24, 2.45) is 23.0 Å². The van der Waals surface area contributed by atoms with Gasteiger partial charge < -0.3 is 5.73 Å². The third-order valence-corrected chi connectivity index (χ3v) is 3.30. The highest BCUT2D eigenvalue weighted by Crippen LogP contribution is 2.42. The Morgan fingerprint density at radius 3 is 2.47 bits per heavy atom. The Kier molecular flexibility index (Phi) is 3.58. The summed E-state index contributed by atoms with van der Waals surface area (Å²) < 4.78 is 0. The lowest BCUT2D eigenvalue weighted by molar-refractivity contribution is -0.114. The maximum atomic E-state index is 11.0. The summed E-state index contributed by atoms with van der Waals surface area (Å²) in [6.45, 7) is 8.72. The molecule has 0 saturated heterocycles. The predicted octanol–water partition coefficient (Wildman–Crippen LogP) is 2.88. The van der Waals surface area contributed by atoms with Crippen LogP contribution in [0.3, 0.4) is 0 Å². The standard InChI is InChI=1S/C13H23NO/c1-9-5-11(6-10(2)12(14)15)8-13(3,4)7-9/h6,9,11H,5,7-8H2,1-4H3,(H2,14,15)/b10-6+. The lowest BCUT2D eigenvalue weighted by Gasteiger charge is -2.38. The van der Waals surface area contributed by atoms with E-state index in [9.17, 15) is 4.79 Å². The van der Waals surface area contributed by atoms with Crippen molar-refractivity contribution < 1.29 is 4.79 Å². The lowest BCUT2D eigenvalue weighted by atomic mass is 9.68. The number of amides is 1. The fourth-order valence-corrected chi connectivity index (χ4v) is 2.98. The Morgan fingerprint density at radius 2 is 2.00 bits per heavy atom. The molecule has 0 spiro atoms. The van der Waals surface area contributed by atoms with Crippen LogP contribution in [0.5, 0.6) is 0 Å². The fraction of sp³-hybridized carbons (Fsp3) is 0.769. The third-order valence-electron chi connectivity index (χ3n) is 3.30. The van der Waals surface area contributed by atoms with Gasteiger partial charge in [0.2, 0.25) is 5.91 Å². The van der Waals surface area contributed by atoms with Gasteiger partial charge in [-0.3, -0.25) is 4.79 Å². The van der Waals surface area contributed by atoms with Crippen LogP contribution in [0.15, 0.2) is 11.6 Å². The summed E-state index contributed by atoms with van der Waals surface area (Å²) >= 11 is 0. The lowest BCUT2D eigenvalue weighted by Crippen LogP contribution is -2.27. The molecule has 0 aromatic heterocycles. The van der Waals surface area contributed by atoms with Gasteiger partial charge in [-0.1, -0.05) is 26.8 Å². The van der Waals surface area contributed by atoms with Crippen LogP contribution in [-0.4, -0.2) is 5.91 Å². The Hall–Kier alpha value is -0.790. The number of carbonyl (C=O) groups is 1. The summed E-state index contributed by atoms with van der Waals surface area (Å²) in [6.07, 6.45) is 5.71. The first-order chi connectivity index (χ1) is 6.80. The molecule has 2 nitrogen and oxygen atoms in total. The van der Waals surface area contributed by atoms with E-state index in [1.165, 1.54) is 19.3 Å². The Balaban J connectivity index is 2.71. The minimum atomic E-state index is -0.286. The molecular weight excluding hydrogens is 186 g/mol. The first-order valence-electron chi connectivity index (χ1n) is 5.78. The molecule has 2 unspecified atom stereocenters. The van der Waals surface area contributed by atoms with E-state index in [0.717, 1.165) is 5.92 Å². The molecule has 0 aromatic carbocycles. The van der Waals surface area contributed by atoms with Crippen LogP contribution < -0.4 is 5.73 Å². The second-order valence-corrected chi connectivity index (χ2v) is 5.89. The van der Waals surface area contributed by atoms with Crippen LogP contribution in [-0.2, 0) is 4.79 Å². The molecule has 2 heteroatoms. The molecule has 2 N–H and O–H groups in total. The fourth-order valence-electron chi connectivity index (χ4n) is 2.98. The molecule has 15 heavy (non-hydrogen) atoms. The van der Waals surface area contributed by atoms with Crippen LogP contribution in [0.25, 0.3) is 0 Å². The van der Waals surface area contributed by atoms with Gasteiger partial charge >= 0.3 is 0 Å². The molecule has 1 aliphatic rings. The largest absolute Gasteiger partial charge is 0.366 e. The summed E-state index contributed by atoms with van der Waals surface area (Å²) in [5, 5.41) is 0. The summed E-state index contributed by atoms with van der Waals surface area (Å²) in [6, 6.07) is 0. The SMILES string of the molecule is C/C(=C\C1CC(C)CC(C)(C)C1)C(N)=O. The monoisotopic (exact) mass is 209 g/mol. The number of primary amides is 1. The van der Waals surface area contributed by atoms with E-state index in [4.69, 9.17) is 5.73 Å². The number of allylic oxidation sites excluding steroid dienone is 1. The summed E-state index contributed by atoms with van der Waals surface area (Å²) in [5.74, 6) is 0.984. The molecule has 1 aliphatic carbocycles. The van der Waals surface area contributed by atoms with Gasteiger partial charge in [0.1, 0.15) is 0 Å². The van der Waals surface area contributed by atoms with Gasteiger partial charge in [-0.15, -0.1) is 0 Å². The van der Waals surface area contributed by atoms with Gasteiger partial charge in [0, 0.05) is 5.57 Å². The molecule has 0 aromatic rings. The zero-order valence-electron chi connectivity index (χ0n) is 10.3. The zero-order chi connectivity index (χ0) is 11.6. The van der Waals surface area contributed by atoms with E-state index in [0.29, 0.717) is 16.9 Å². The smallest absolute Gasteiger partial charge is 0.244 e. The predicted molar refractivity (Wildman–Crippen MR) is 63.2 cm³/mol. The van der Waals surface area contributed by atoms with Crippen molar-refractivity contribution in [1.29, 1.82) is 0 Å². The van der Waals surface area contributed by atoms with E-state index in [2.05, 4.69) is 26.8 Å². The summed E-state index contributed by atoms with van der Waals surface area (Å²) in [5.41, 5.74) is 6.36. The van der Waals surface area contributed by atoms with Crippen LogP contribution in [0.2, 0.25) is 0 Å². The molecule has 1 fully saturated rings. The van der Waals surface area contributed by atoms with E-state index < -0.39 is 0 Å². The first kappa shape index (κ1) is 12.3. The molecule has 0 aliphatic heterocycles. The zero-order valence-corrected chi connectivity index (χ0v) is 10.3. The van der Waals surface area contributed by atoms with Crippen molar-refractivity contribution in [3.05, 3.63) is 11.6 Å². The summed E-state index contributed by atoms with van der Waals surface area (Å²) in [4.78, 5) is 11.0. The Morgan fingerprint density at radius 1 is 1.40 bits per heavy atom. The maximum absolute atomic E-state index is 11.0. The number of hydrogen-bond donors (Lipinski definition) is 1. The summed E-state index contributed by atoms with van der Waals surface area (Å²) in [7, 11) is 0. The van der Waals surface area contributed by atoms with Crippen LogP contribution in [0.4, 0.5) is 0 Å². The van der Waals surface area contributed by atoms with Crippen molar-refractivity contribution >= 4 is 5.91 Å². The molecule has 1 saturated carbocycles. The maximum Gasteiger partial charge on any atom is 0.244 e. The van der Waals surface area contributed by atoms with Crippen LogP contribution in [0.1, 0.15) is 47.0 Å². The van der Waals surface area contributed by atoms with Crippen molar-refractivity contribution in [3.8, 4) is 0 Å². The Labute approximate surface area is 92.9 Å². The topological polar surface area (TPSA) is 43.1 Å². The van der Waals surface area contributed by atoms with Crippen molar-refractivity contribution in [2.45, 2.75) is 47.0 Å². The molecule has 1 amide bonds. The van der Waals surface area contributed by atoms with E-state index in [1.54, 1.807) is 0 Å². The van der Waals surface area contributed by atoms with E-state index in [1.807, 2.05) is 6.92 Å². The van der Waals surface area contributed by atoms with Gasteiger partial charge in [-0.2, -0.15) is 0 Å². The van der Waals surface area contributed by atoms with Crippen LogP contribution in [0, 0.1) is 17.3 Å². The number of hydrogen-bond acceptors (Lipinski definition) is 1. The van der Waals surface area contributed by atoms with Gasteiger partial charge in [0.05, 0.1) is 0 Å². The number of rotatable bonds is 2. The third kappa shape index (κ3) is 3.69. The van der Waals surface area contributed by atoms with Crippen LogP contribution >= 0.6 is 0 Å².